The largest absolute Gasteiger partial charge is 0.489 e. The second-order valence-corrected chi connectivity index (χ2v) is 8.75. The fourth-order valence-corrected chi connectivity index (χ4v) is 3.05. The van der Waals surface area contributed by atoms with E-state index in [1.54, 1.807) is 19.2 Å². The van der Waals surface area contributed by atoms with E-state index in [2.05, 4.69) is 15.5 Å². The molecule has 0 saturated carbocycles. The molecule has 0 aliphatic heterocycles. The highest BCUT2D eigenvalue weighted by atomic mass is 16.9. The van der Waals surface area contributed by atoms with Crippen LogP contribution in [-0.2, 0) is 14.4 Å². The van der Waals surface area contributed by atoms with E-state index in [0.717, 1.165) is 0 Å². The van der Waals surface area contributed by atoms with E-state index >= 15 is 0 Å². The van der Waals surface area contributed by atoms with Crippen molar-refractivity contribution in [1.29, 1.82) is 5.26 Å². The van der Waals surface area contributed by atoms with Crippen molar-refractivity contribution < 1.29 is 29.4 Å². The Balaban J connectivity index is 2.49. The van der Waals surface area contributed by atoms with E-state index in [-0.39, 0.29) is 49.3 Å². The molecule has 12 heteroatoms. The lowest BCUT2D eigenvalue weighted by Gasteiger charge is -2.29. The highest BCUT2D eigenvalue weighted by Gasteiger charge is 2.24. The van der Waals surface area contributed by atoms with Crippen LogP contribution in [0.4, 0.5) is 5.69 Å². The molecule has 0 aromatic heterocycles. The summed E-state index contributed by atoms with van der Waals surface area (Å²) in [6.07, 6.45) is 0.682. The van der Waals surface area contributed by atoms with Gasteiger partial charge in [0, 0.05) is 44.2 Å². The normalized spacial score (nSPS) is 11.8. The standard InChI is InChI=1S/C23H35N5O7/c1-5-7-21(30)26-18-8-9-20(17(12-18)14-24)34-16-19(29)15-25-23(2,3)13-22(31)27(4)10-6-11-35-28(32)33/h8-9,12,19,25,29H,5-7,10-11,13,15-16H2,1-4H3,(H,26,30). The van der Waals surface area contributed by atoms with Gasteiger partial charge in [-0.05, 0) is 44.9 Å². The van der Waals surface area contributed by atoms with E-state index in [9.17, 15) is 30.1 Å². The maximum atomic E-state index is 12.4. The van der Waals surface area contributed by atoms with Crippen LogP contribution < -0.4 is 15.4 Å². The number of rotatable bonds is 16. The van der Waals surface area contributed by atoms with E-state index in [4.69, 9.17) is 4.74 Å². The van der Waals surface area contributed by atoms with Gasteiger partial charge in [0.1, 0.15) is 24.5 Å². The highest BCUT2D eigenvalue weighted by Crippen LogP contribution is 2.22. The van der Waals surface area contributed by atoms with Gasteiger partial charge in [0.05, 0.1) is 12.2 Å². The molecule has 0 saturated heterocycles. The smallest absolute Gasteiger partial charge is 0.294 e. The monoisotopic (exact) mass is 493 g/mol. The zero-order chi connectivity index (χ0) is 26.4. The van der Waals surface area contributed by atoms with Gasteiger partial charge in [-0.15, -0.1) is 10.1 Å². The summed E-state index contributed by atoms with van der Waals surface area (Å²) in [5.74, 6) is -0.000942. The fraction of sp³-hybridized carbons (Fsp3) is 0.609. The molecule has 0 bridgehead atoms. The number of ether oxygens (including phenoxy) is 1. The Morgan fingerprint density at radius 3 is 2.71 bits per heavy atom. The van der Waals surface area contributed by atoms with Crippen LogP contribution in [0.5, 0.6) is 5.75 Å². The molecule has 12 nitrogen and oxygen atoms in total. The highest BCUT2D eigenvalue weighted by molar-refractivity contribution is 5.91. The number of nitriles is 1. The molecule has 0 aliphatic rings. The lowest BCUT2D eigenvalue weighted by Crippen LogP contribution is -2.48. The average Bonchev–Trinajstić information content (AvgIpc) is 2.79. The Morgan fingerprint density at radius 1 is 1.37 bits per heavy atom. The molecule has 0 radical (unpaired) electrons. The predicted octanol–water partition coefficient (Wildman–Crippen LogP) is 1.85. The number of β-amino-alcohol motifs (C(OH)–C–C–N with tert-alkyl or cyclic N) is 1. The minimum atomic E-state index is -0.906. The van der Waals surface area contributed by atoms with Crippen LogP contribution in [0.15, 0.2) is 18.2 Å². The number of amides is 2. The minimum absolute atomic E-state index is 0.0798. The summed E-state index contributed by atoms with van der Waals surface area (Å²) in [6, 6.07) is 6.73. The number of anilines is 1. The van der Waals surface area contributed by atoms with Crippen molar-refractivity contribution in [3.8, 4) is 11.8 Å². The van der Waals surface area contributed by atoms with Crippen LogP contribution >= 0.6 is 0 Å². The number of nitrogens with one attached hydrogen (secondary N) is 2. The Bertz CT molecular complexity index is 901. The van der Waals surface area contributed by atoms with E-state index in [0.29, 0.717) is 31.5 Å². The Morgan fingerprint density at radius 2 is 2.09 bits per heavy atom. The number of benzene rings is 1. The van der Waals surface area contributed by atoms with E-state index < -0.39 is 16.7 Å². The van der Waals surface area contributed by atoms with Gasteiger partial charge in [0.15, 0.2) is 0 Å². The third-order valence-corrected chi connectivity index (χ3v) is 4.96. The van der Waals surface area contributed by atoms with Gasteiger partial charge in [-0.3, -0.25) is 9.59 Å². The molecule has 2 amide bonds. The second kappa shape index (κ2) is 14.7. The molecular formula is C23H35N5O7. The van der Waals surface area contributed by atoms with Gasteiger partial charge < -0.3 is 30.2 Å². The molecule has 1 atom stereocenters. The Hall–Kier alpha value is -3.43. The van der Waals surface area contributed by atoms with Gasteiger partial charge in [-0.1, -0.05) is 6.92 Å². The molecule has 194 valence electrons. The number of nitrogens with zero attached hydrogens (tertiary/aromatic N) is 3. The van der Waals surface area contributed by atoms with Gasteiger partial charge in [-0.25, -0.2) is 0 Å². The zero-order valence-corrected chi connectivity index (χ0v) is 20.7. The van der Waals surface area contributed by atoms with Crippen molar-refractivity contribution in [3.05, 3.63) is 33.9 Å². The summed E-state index contributed by atoms with van der Waals surface area (Å²) < 4.78 is 5.59. The summed E-state index contributed by atoms with van der Waals surface area (Å²) in [5, 5.41) is 34.8. The first-order valence-corrected chi connectivity index (χ1v) is 11.4. The summed E-state index contributed by atoms with van der Waals surface area (Å²) in [5.41, 5.74) is 0.105. The number of carbonyl (C=O) groups excluding carboxylic acids is 2. The number of hydrogen-bond donors (Lipinski definition) is 3. The van der Waals surface area contributed by atoms with Crippen LogP contribution in [0.3, 0.4) is 0 Å². The fourth-order valence-electron chi connectivity index (χ4n) is 3.05. The molecule has 3 N–H and O–H groups in total. The molecule has 1 aromatic rings. The van der Waals surface area contributed by atoms with E-state index in [1.807, 2.05) is 26.8 Å². The van der Waals surface area contributed by atoms with Crippen LogP contribution in [0.2, 0.25) is 0 Å². The lowest BCUT2D eigenvalue weighted by atomic mass is 9.99. The molecule has 0 heterocycles. The van der Waals surface area contributed by atoms with Gasteiger partial charge >= 0.3 is 0 Å². The molecule has 35 heavy (non-hydrogen) atoms. The SMILES string of the molecule is CCCC(=O)Nc1ccc(OCC(O)CNC(C)(C)CC(=O)N(C)CCCO[N+](=O)[O-])c(C#N)c1. The molecule has 1 aromatic carbocycles. The molecule has 0 aliphatic carbocycles. The zero-order valence-electron chi connectivity index (χ0n) is 20.7. The average molecular weight is 494 g/mol. The number of aliphatic hydroxyl groups excluding tert-OH is 1. The lowest BCUT2D eigenvalue weighted by molar-refractivity contribution is -0.757. The quantitative estimate of drug-likeness (QED) is 0.177. The van der Waals surface area contributed by atoms with Gasteiger partial charge in [-0.2, -0.15) is 5.26 Å². The third kappa shape index (κ3) is 12.0. The third-order valence-electron chi connectivity index (χ3n) is 4.96. The number of carbonyl (C=O) groups is 2. The van der Waals surface area contributed by atoms with Gasteiger partial charge in [0.25, 0.3) is 5.09 Å². The van der Waals surface area contributed by atoms with Crippen molar-refractivity contribution >= 4 is 17.5 Å². The Labute approximate surface area is 205 Å². The van der Waals surface area contributed by atoms with Crippen LogP contribution in [0.1, 0.15) is 52.0 Å². The summed E-state index contributed by atoms with van der Waals surface area (Å²) in [6.45, 7) is 5.85. The summed E-state index contributed by atoms with van der Waals surface area (Å²) >= 11 is 0. The maximum Gasteiger partial charge on any atom is 0.294 e. The number of hydrogen-bond acceptors (Lipinski definition) is 9. The first kappa shape index (κ1) is 29.6. The molecular weight excluding hydrogens is 458 g/mol. The van der Waals surface area contributed by atoms with Crippen LogP contribution in [-0.4, -0.2) is 71.9 Å². The summed E-state index contributed by atoms with van der Waals surface area (Å²) in [4.78, 5) is 40.0. The molecule has 1 rings (SSSR count). The predicted molar refractivity (Wildman–Crippen MR) is 128 cm³/mol. The van der Waals surface area contributed by atoms with Gasteiger partial charge in [0.2, 0.25) is 11.8 Å². The number of aliphatic hydroxyl groups is 1. The molecule has 0 spiro atoms. The van der Waals surface area contributed by atoms with Crippen molar-refractivity contribution in [2.45, 2.75) is 58.1 Å². The van der Waals surface area contributed by atoms with Crippen molar-refractivity contribution in [2.75, 3.05) is 38.7 Å². The van der Waals surface area contributed by atoms with Crippen LogP contribution in [0.25, 0.3) is 0 Å². The van der Waals surface area contributed by atoms with E-state index in [1.165, 1.54) is 11.0 Å². The van der Waals surface area contributed by atoms with Crippen molar-refractivity contribution in [2.24, 2.45) is 0 Å². The van der Waals surface area contributed by atoms with Crippen molar-refractivity contribution in [1.82, 2.24) is 10.2 Å². The second-order valence-electron chi connectivity index (χ2n) is 8.75. The Kier molecular flexibility index (Phi) is 12.5. The first-order valence-electron chi connectivity index (χ1n) is 11.4. The topological polar surface area (TPSA) is 167 Å². The van der Waals surface area contributed by atoms with Crippen LogP contribution in [0, 0.1) is 21.4 Å². The van der Waals surface area contributed by atoms with Crippen molar-refractivity contribution in [3.63, 3.8) is 0 Å². The first-order chi connectivity index (χ1) is 16.5. The molecule has 1 unspecified atom stereocenters. The molecule has 0 fully saturated rings. The summed E-state index contributed by atoms with van der Waals surface area (Å²) in [7, 11) is 1.61. The maximum absolute atomic E-state index is 12.4. The minimum Gasteiger partial charge on any atom is -0.489 e.